The fraction of sp³-hybridized carbons (Fsp3) is 0.714. The van der Waals surface area contributed by atoms with Crippen LogP contribution in [-0.2, 0) is 4.74 Å². The summed E-state index contributed by atoms with van der Waals surface area (Å²) in [7, 11) is 1.73. The van der Waals surface area contributed by atoms with Crippen LogP contribution in [0.2, 0.25) is 0 Å². The highest BCUT2D eigenvalue weighted by Gasteiger charge is 2.29. The van der Waals surface area contributed by atoms with Crippen LogP contribution in [0.15, 0.2) is 0 Å². The molecule has 20 heavy (non-hydrogen) atoms. The molecular formula is C14H22N2O3S. The summed E-state index contributed by atoms with van der Waals surface area (Å²) in [4.78, 5) is 18.4. The molecular weight excluding hydrogens is 276 g/mol. The fourth-order valence-corrected chi connectivity index (χ4v) is 3.61. The van der Waals surface area contributed by atoms with E-state index in [1.807, 2.05) is 13.8 Å². The number of carbonyl (C=O) groups is 1. The number of aromatic carboxylic acids is 1. The summed E-state index contributed by atoms with van der Waals surface area (Å²) in [5.41, 5.74) is 0.685. The number of rotatable bonds is 4. The van der Waals surface area contributed by atoms with Crippen LogP contribution in [0.5, 0.6) is 0 Å². The summed E-state index contributed by atoms with van der Waals surface area (Å²) in [6.07, 6.45) is 1.22. The van der Waals surface area contributed by atoms with E-state index in [0.29, 0.717) is 16.5 Å². The van der Waals surface area contributed by atoms with Crippen molar-refractivity contribution >= 4 is 22.4 Å². The average molecular weight is 298 g/mol. The van der Waals surface area contributed by atoms with E-state index < -0.39 is 5.97 Å². The summed E-state index contributed by atoms with van der Waals surface area (Å²) >= 11 is 1.28. The largest absolute Gasteiger partial charge is 0.477 e. The number of hydrogen-bond acceptors (Lipinski definition) is 5. The highest BCUT2D eigenvalue weighted by Crippen LogP contribution is 2.33. The standard InChI is InChI=1S/C14H22N2O3S/c1-8(2)11-12(13(17)18)20-14(15-11)16-6-5-9(3)10(7-16)19-4/h8-10H,5-7H2,1-4H3,(H,17,18). The van der Waals surface area contributed by atoms with E-state index in [4.69, 9.17) is 4.74 Å². The van der Waals surface area contributed by atoms with E-state index in [1.54, 1.807) is 7.11 Å². The minimum absolute atomic E-state index is 0.119. The van der Waals surface area contributed by atoms with Gasteiger partial charge < -0.3 is 14.7 Å². The molecule has 0 bridgehead atoms. The van der Waals surface area contributed by atoms with Crippen LogP contribution in [0, 0.1) is 5.92 Å². The van der Waals surface area contributed by atoms with Crippen LogP contribution in [0.3, 0.4) is 0 Å². The first kappa shape index (κ1) is 15.3. The lowest BCUT2D eigenvalue weighted by atomic mass is 9.96. The summed E-state index contributed by atoms with van der Waals surface area (Å²) in [5, 5.41) is 10.1. The molecule has 1 aliphatic rings. The monoisotopic (exact) mass is 298 g/mol. The summed E-state index contributed by atoms with van der Waals surface area (Å²) < 4.78 is 5.51. The third-order valence-electron chi connectivity index (χ3n) is 3.85. The minimum Gasteiger partial charge on any atom is -0.477 e. The molecule has 1 saturated heterocycles. The molecule has 2 unspecified atom stereocenters. The van der Waals surface area contributed by atoms with Gasteiger partial charge in [-0.1, -0.05) is 32.1 Å². The van der Waals surface area contributed by atoms with Gasteiger partial charge in [0.05, 0.1) is 11.8 Å². The Morgan fingerprint density at radius 1 is 1.55 bits per heavy atom. The highest BCUT2D eigenvalue weighted by molar-refractivity contribution is 7.17. The van der Waals surface area contributed by atoms with Crippen molar-refractivity contribution in [2.24, 2.45) is 5.92 Å². The zero-order valence-electron chi connectivity index (χ0n) is 12.4. The minimum atomic E-state index is -0.883. The van der Waals surface area contributed by atoms with Gasteiger partial charge in [0.2, 0.25) is 0 Å². The molecule has 1 fully saturated rings. The third kappa shape index (κ3) is 2.96. The molecule has 0 aromatic carbocycles. The van der Waals surface area contributed by atoms with Gasteiger partial charge in [0.1, 0.15) is 4.88 Å². The second-order valence-electron chi connectivity index (χ2n) is 5.66. The SMILES string of the molecule is COC1CN(c2nc(C(C)C)c(C(=O)O)s2)CCC1C. The number of aromatic nitrogens is 1. The first-order chi connectivity index (χ1) is 9.43. The Labute approximate surface area is 123 Å². The molecule has 2 rings (SSSR count). The van der Waals surface area contributed by atoms with Crippen molar-refractivity contribution in [3.63, 3.8) is 0 Å². The predicted molar refractivity (Wildman–Crippen MR) is 80.0 cm³/mol. The van der Waals surface area contributed by atoms with E-state index in [0.717, 1.165) is 24.6 Å². The van der Waals surface area contributed by atoms with Crippen molar-refractivity contribution in [3.05, 3.63) is 10.6 Å². The number of nitrogens with zero attached hydrogens (tertiary/aromatic N) is 2. The van der Waals surface area contributed by atoms with Gasteiger partial charge >= 0.3 is 5.97 Å². The van der Waals surface area contributed by atoms with E-state index in [9.17, 15) is 9.90 Å². The molecule has 2 atom stereocenters. The summed E-state index contributed by atoms with van der Waals surface area (Å²) in [5.74, 6) is -0.237. The van der Waals surface area contributed by atoms with E-state index >= 15 is 0 Å². The second-order valence-corrected chi connectivity index (χ2v) is 6.63. The Morgan fingerprint density at radius 3 is 2.75 bits per heavy atom. The maximum absolute atomic E-state index is 11.3. The summed E-state index contributed by atoms with van der Waals surface area (Å²) in [6.45, 7) is 7.82. The molecule has 1 aliphatic heterocycles. The van der Waals surface area contributed by atoms with Crippen molar-refractivity contribution in [2.45, 2.75) is 39.2 Å². The average Bonchev–Trinajstić information content (AvgIpc) is 2.84. The van der Waals surface area contributed by atoms with Crippen LogP contribution in [0.4, 0.5) is 5.13 Å². The Kier molecular flexibility index (Phi) is 4.65. The van der Waals surface area contributed by atoms with Crippen LogP contribution in [0.1, 0.15) is 48.5 Å². The van der Waals surface area contributed by atoms with E-state index in [1.165, 1.54) is 11.3 Å². The van der Waals surface area contributed by atoms with Gasteiger partial charge in [-0.2, -0.15) is 0 Å². The van der Waals surface area contributed by atoms with E-state index in [2.05, 4.69) is 16.8 Å². The lowest BCUT2D eigenvalue weighted by Gasteiger charge is -2.36. The van der Waals surface area contributed by atoms with Crippen LogP contribution >= 0.6 is 11.3 Å². The van der Waals surface area contributed by atoms with E-state index in [-0.39, 0.29) is 12.0 Å². The zero-order chi connectivity index (χ0) is 14.9. The Bertz CT molecular complexity index is 487. The van der Waals surface area contributed by atoms with Gasteiger partial charge in [0.25, 0.3) is 0 Å². The number of carboxylic acid groups (broad SMARTS) is 1. The first-order valence-electron chi connectivity index (χ1n) is 6.95. The van der Waals surface area contributed by atoms with Gasteiger partial charge in [-0.05, 0) is 18.3 Å². The molecule has 0 amide bonds. The Hall–Kier alpha value is -1.14. The number of anilines is 1. The smallest absolute Gasteiger partial charge is 0.347 e. The molecule has 2 heterocycles. The predicted octanol–water partition coefficient (Wildman–Crippen LogP) is 2.83. The maximum atomic E-state index is 11.3. The molecule has 5 nitrogen and oxygen atoms in total. The van der Waals surface area contributed by atoms with Crippen LogP contribution < -0.4 is 4.90 Å². The second kappa shape index (κ2) is 6.10. The molecule has 112 valence electrons. The van der Waals surface area contributed by atoms with Gasteiger partial charge in [0, 0.05) is 20.2 Å². The number of carboxylic acids is 1. The number of ether oxygens (including phenoxy) is 1. The number of thiazole rings is 1. The molecule has 1 aromatic heterocycles. The molecule has 1 N–H and O–H groups in total. The van der Waals surface area contributed by atoms with Crippen molar-refractivity contribution < 1.29 is 14.6 Å². The molecule has 0 saturated carbocycles. The quantitative estimate of drug-likeness (QED) is 0.926. The van der Waals surface area contributed by atoms with Crippen molar-refractivity contribution in [2.75, 3.05) is 25.1 Å². The fourth-order valence-electron chi connectivity index (χ4n) is 2.51. The zero-order valence-corrected chi connectivity index (χ0v) is 13.2. The first-order valence-corrected chi connectivity index (χ1v) is 7.77. The topological polar surface area (TPSA) is 62.7 Å². The molecule has 0 radical (unpaired) electrons. The van der Waals surface area contributed by atoms with Crippen molar-refractivity contribution in [1.82, 2.24) is 4.98 Å². The third-order valence-corrected chi connectivity index (χ3v) is 4.97. The number of piperidine rings is 1. The summed E-state index contributed by atoms with van der Waals surface area (Å²) in [6, 6.07) is 0. The Balaban J connectivity index is 2.25. The van der Waals surface area contributed by atoms with Crippen LogP contribution in [0.25, 0.3) is 0 Å². The number of methoxy groups -OCH3 is 1. The normalized spacial score (nSPS) is 23.4. The maximum Gasteiger partial charge on any atom is 0.347 e. The highest BCUT2D eigenvalue weighted by atomic mass is 32.1. The molecule has 0 aliphatic carbocycles. The molecule has 1 aromatic rings. The number of hydrogen-bond donors (Lipinski definition) is 1. The van der Waals surface area contributed by atoms with Gasteiger partial charge in [-0.25, -0.2) is 9.78 Å². The lowest BCUT2D eigenvalue weighted by Crippen LogP contribution is -2.43. The van der Waals surface area contributed by atoms with Crippen LogP contribution in [-0.4, -0.2) is 42.4 Å². The molecule has 6 heteroatoms. The van der Waals surface area contributed by atoms with Gasteiger partial charge in [-0.3, -0.25) is 0 Å². The lowest BCUT2D eigenvalue weighted by molar-refractivity contribution is 0.0498. The van der Waals surface area contributed by atoms with Crippen molar-refractivity contribution in [3.8, 4) is 0 Å². The van der Waals surface area contributed by atoms with Crippen molar-refractivity contribution in [1.29, 1.82) is 0 Å². The van der Waals surface area contributed by atoms with Gasteiger partial charge in [-0.15, -0.1) is 0 Å². The Morgan fingerprint density at radius 2 is 2.25 bits per heavy atom. The molecule has 0 spiro atoms. The van der Waals surface area contributed by atoms with Gasteiger partial charge in [0.15, 0.2) is 5.13 Å².